The Morgan fingerprint density at radius 2 is 2.05 bits per heavy atom. The molecule has 0 fully saturated rings. The van der Waals surface area contributed by atoms with Crippen LogP contribution in [-0.4, -0.2) is 10.9 Å². The van der Waals surface area contributed by atoms with Gasteiger partial charge < -0.3 is 5.32 Å². The fourth-order valence-corrected chi connectivity index (χ4v) is 2.03. The summed E-state index contributed by atoms with van der Waals surface area (Å²) in [6, 6.07) is 6.49. The van der Waals surface area contributed by atoms with Gasteiger partial charge in [-0.25, -0.2) is 0 Å². The monoisotopic (exact) mass is 358 g/mol. The third kappa shape index (κ3) is 4.29. The van der Waals surface area contributed by atoms with Gasteiger partial charge in [-0.15, -0.1) is 0 Å². The van der Waals surface area contributed by atoms with Crippen molar-refractivity contribution in [3.63, 3.8) is 0 Å². The van der Waals surface area contributed by atoms with Crippen LogP contribution in [0.25, 0.3) is 0 Å². The maximum Gasteiger partial charge on any atom is 0.416 e. The van der Waals surface area contributed by atoms with Gasteiger partial charge in [0, 0.05) is 16.9 Å². The van der Waals surface area contributed by atoms with E-state index in [9.17, 15) is 18.0 Å². The van der Waals surface area contributed by atoms with E-state index in [0.29, 0.717) is 10.0 Å². The Labute approximate surface area is 127 Å². The van der Waals surface area contributed by atoms with Gasteiger partial charge in [-0.3, -0.25) is 9.78 Å². The van der Waals surface area contributed by atoms with Crippen molar-refractivity contribution >= 4 is 27.5 Å². The van der Waals surface area contributed by atoms with E-state index in [1.165, 1.54) is 12.3 Å². The predicted molar refractivity (Wildman–Crippen MR) is 75.7 cm³/mol. The number of amides is 1. The molecule has 0 aliphatic rings. The van der Waals surface area contributed by atoms with E-state index in [2.05, 4.69) is 26.2 Å². The predicted octanol–water partition coefficient (Wildman–Crippen LogP) is 4.04. The molecule has 1 amide bonds. The van der Waals surface area contributed by atoms with Crippen molar-refractivity contribution in [3.05, 3.63) is 58.3 Å². The first-order valence-corrected chi connectivity index (χ1v) is 6.71. The van der Waals surface area contributed by atoms with Crippen molar-refractivity contribution in [2.75, 3.05) is 5.32 Å². The summed E-state index contributed by atoms with van der Waals surface area (Å²) in [4.78, 5) is 15.7. The topological polar surface area (TPSA) is 42.0 Å². The first kappa shape index (κ1) is 15.5. The Bertz CT molecular complexity index is 644. The molecular weight excluding hydrogens is 349 g/mol. The van der Waals surface area contributed by atoms with Crippen molar-refractivity contribution in [3.8, 4) is 0 Å². The molecule has 0 bridgehead atoms. The molecule has 0 saturated carbocycles. The lowest BCUT2D eigenvalue weighted by molar-refractivity contribution is -0.137. The van der Waals surface area contributed by atoms with Gasteiger partial charge in [-0.1, -0.05) is 6.07 Å². The van der Waals surface area contributed by atoms with Crippen LogP contribution in [0.5, 0.6) is 0 Å². The summed E-state index contributed by atoms with van der Waals surface area (Å²) in [7, 11) is 0. The quantitative estimate of drug-likeness (QED) is 0.899. The number of hydrogen-bond acceptors (Lipinski definition) is 2. The number of carbonyl (C=O) groups is 1. The van der Waals surface area contributed by atoms with Crippen molar-refractivity contribution in [1.82, 2.24) is 4.98 Å². The highest BCUT2D eigenvalue weighted by molar-refractivity contribution is 9.10. The Morgan fingerprint density at radius 1 is 1.29 bits per heavy atom. The molecular formula is C14H10BrF3N2O. The van der Waals surface area contributed by atoms with Crippen LogP contribution in [0, 0.1) is 0 Å². The van der Waals surface area contributed by atoms with Crippen LogP contribution < -0.4 is 5.32 Å². The van der Waals surface area contributed by atoms with E-state index in [1.807, 2.05) is 0 Å². The summed E-state index contributed by atoms with van der Waals surface area (Å²) in [5.74, 6) is -0.414. The fraction of sp³-hybridized carbons (Fsp3) is 0.143. The summed E-state index contributed by atoms with van der Waals surface area (Å²) >= 11 is 3.12. The zero-order valence-electron chi connectivity index (χ0n) is 10.6. The number of nitrogens with zero attached hydrogens (tertiary/aromatic N) is 1. The molecule has 0 aliphatic carbocycles. The van der Waals surface area contributed by atoms with Crippen molar-refractivity contribution in [1.29, 1.82) is 0 Å². The number of aromatic nitrogens is 1. The smallest absolute Gasteiger partial charge is 0.325 e. The van der Waals surface area contributed by atoms with Crippen LogP contribution in [0.1, 0.15) is 11.1 Å². The maximum absolute atomic E-state index is 12.6. The van der Waals surface area contributed by atoms with E-state index >= 15 is 0 Å². The number of nitrogens with one attached hydrogen (secondary N) is 1. The van der Waals surface area contributed by atoms with E-state index in [0.717, 1.165) is 12.1 Å². The van der Waals surface area contributed by atoms with Gasteiger partial charge >= 0.3 is 6.18 Å². The Balaban J connectivity index is 2.14. The third-order valence-corrected chi connectivity index (χ3v) is 3.35. The van der Waals surface area contributed by atoms with E-state index in [-0.39, 0.29) is 12.1 Å². The number of hydrogen-bond donors (Lipinski definition) is 1. The SMILES string of the molecule is O=C(Cc1cccnc1)Nc1cc(C(F)(F)F)ccc1Br. The van der Waals surface area contributed by atoms with E-state index in [4.69, 9.17) is 0 Å². The molecule has 1 N–H and O–H groups in total. The van der Waals surface area contributed by atoms with Crippen LogP contribution in [0.15, 0.2) is 47.2 Å². The highest BCUT2D eigenvalue weighted by atomic mass is 79.9. The minimum atomic E-state index is -4.45. The van der Waals surface area contributed by atoms with Gasteiger partial charge in [0.2, 0.25) is 5.91 Å². The van der Waals surface area contributed by atoms with Gasteiger partial charge in [0.25, 0.3) is 0 Å². The van der Waals surface area contributed by atoms with Gasteiger partial charge in [0.15, 0.2) is 0 Å². The number of rotatable bonds is 3. The van der Waals surface area contributed by atoms with Gasteiger partial charge in [0.05, 0.1) is 17.7 Å². The van der Waals surface area contributed by atoms with Crippen LogP contribution in [0.2, 0.25) is 0 Å². The zero-order valence-corrected chi connectivity index (χ0v) is 12.2. The maximum atomic E-state index is 12.6. The normalized spacial score (nSPS) is 11.2. The summed E-state index contributed by atoms with van der Waals surface area (Å²) < 4.78 is 38.3. The summed E-state index contributed by atoms with van der Waals surface area (Å²) in [5, 5.41) is 2.46. The highest BCUT2D eigenvalue weighted by Crippen LogP contribution is 2.33. The molecule has 0 radical (unpaired) electrons. The molecule has 1 heterocycles. The molecule has 1 aromatic carbocycles. The molecule has 0 unspecified atom stereocenters. The van der Waals surface area contributed by atoms with Crippen LogP contribution in [0.3, 0.4) is 0 Å². The fourth-order valence-electron chi connectivity index (χ4n) is 1.68. The van der Waals surface area contributed by atoms with Gasteiger partial charge in [-0.05, 0) is 45.8 Å². The molecule has 2 aromatic rings. The molecule has 1 aromatic heterocycles. The lowest BCUT2D eigenvalue weighted by atomic mass is 10.1. The Hall–Kier alpha value is -1.89. The lowest BCUT2D eigenvalue weighted by Gasteiger charge is -2.11. The average molecular weight is 359 g/mol. The molecule has 0 spiro atoms. The van der Waals surface area contributed by atoms with Crippen LogP contribution in [0.4, 0.5) is 18.9 Å². The second-order valence-electron chi connectivity index (χ2n) is 4.28. The lowest BCUT2D eigenvalue weighted by Crippen LogP contribution is -2.15. The molecule has 2 rings (SSSR count). The van der Waals surface area contributed by atoms with Gasteiger partial charge in [-0.2, -0.15) is 13.2 Å². The molecule has 0 saturated heterocycles. The second kappa shape index (κ2) is 6.26. The second-order valence-corrected chi connectivity index (χ2v) is 5.13. The summed E-state index contributed by atoms with van der Waals surface area (Å²) in [6.07, 6.45) is -1.31. The Morgan fingerprint density at radius 3 is 2.67 bits per heavy atom. The number of pyridine rings is 1. The van der Waals surface area contributed by atoms with Gasteiger partial charge in [0.1, 0.15) is 0 Å². The number of carbonyl (C=O) groups excluding carboxylic acids is 1. The van der Waals surface area contributed by atoms with Crippen molar-refractivity contribution in [2.45, 2.75) is 12.6 Å². The summed E-state index contributed by atoms with van der Waals surface area (Å²) in [6.45, 7) is 0. The first-order valence-electron chi connectivity index (χ1n) is 5.92. The van der Waals surface area contributed by atoms with Crippen molar-refractivity contribution < 1.29 is 18.0 Å². The third-order valence-electron chi connectivity index (χ3n) is 2.66. The zero-order chi connectivity index (χ0) is 15.5. The molecule has 21 heavy (non-hydrogen) atoms. The molecule has 7 heteroatoms. The highest BCUT2D eigenvalue weighted by Gasteiger charge is 2.31. The van der Waals surface area contributed by atoms with Crippen LogP contribution in [-0.2, 0) is 17.4 Å². The minimum Gasteiger partial charge on any atom is -0.325 e. The molecule has 0 aliphatic heterocycles. The number of halogens is 4. The largest absolute Gasteiger partial charge is 0.416 e. The number of anilines is 1. The number of benzene rings is 1. The Kier molecular flexibility index (Phi) is 4.62. The average Bonchev–Trinajstić information content (AvgIpc) is 2.41. The van der Waals surface area contributed by atoms with Crippen molar-refractivity contribution in [2.24, 2.45) is 0 Å². The van der Waals surface area contributed by atoms with E-state index < -0.39 is 17.6 Å². The molecule has 110 valence electrons. The standard InChI is InChI=1S/C14H10BrF3N2O/c15-11-4-3-10(14(16,17)18)7-12(11)20-13(21)6-9-2-1-5-19-8-9/h1-5,7-8H,6H2,(H,20,21). The van der Waals surface area contributed by atoms with Crippen LogP contribution >= 0.6 is 15.9 Å². The first-order chi connectivity index (χ1) is 9.86. The van der Waals surface area contributed by atoms with E-state index in [1.54, 1.807) is 18.3 Å². The molecule has 0 atom stereocenters. The summed E-state index contributed by atoms with van der Waals surface area (Å²) in [5.41, 5.74) is -0.0563. The number of alkyl halides is 3. The minimum absolute atomic E-state index is 0.0382. The molecule has 3 nitrogen and oxygen atoms in total.